The van der Waals surface area contributed by atoms with E-state index in [9.17, 15) is 9.59 Å². The molecule has 0 saturated carbocycles. The van der Waals surface area contributed by atoms with Crippen molar-refractivity contribution in [2.24, 2.45) is 5.92 Å². The largest absolute Gasteiger partial charge is 0.463 e. The summed E-state index contributed by atoms with van der Waals surface area (Å²) in [7, 11) is 0. The van der Waals surface area contributed by atoms with Crippen molar-refractivity contribution in [2.75, 3.05) is 66.1 Å². The normalized spacial score (nSPS) is 11.0. The Bertz CT molecular complexity index is 332. The first kappa shape index (κ1) is 25.8. The molecule has 0 aromatic rings. The van der Waals surface area contributed by atoms with E-state index in [4.69, 9.17) is 28.4 Å². The average molecular weight is 392 g/mol. The third kappa shape index (κ3) is 15.5. The lowest BCUT2D eigenvalue weighted by molar-refractivity contribution is -0.164. The molecule has 0 atom stereocenters. The number of unbranched alkanes of at least 4 members (excludes halogenated alkanes) is 1. The molecule has 160 valence electrons. The minimum Gasteiger partial charge on any atom is -0.463 e. The van der Waals surface area contributed by atoms with E-state index in [2.05, 4.69) is 0 Å². The first-order valence-electron chi connectivity index (χ1n) is 9.81. The Balaban J connectivity index is 4.03. The summed E-state index contributed by atoms with van der Waals surface area (Å²) in [4.78, 5) is 24.4. The Morgan fingerprint density at radius 1 is 0.630 bits per heavy atom. The van der Waals surface area contributed by atoms with Crippen LogP contribution in [-0.4, -0.2) is 78.0 Å². The second-order valence-corrected chi connectivity index (χ2v) is 5.65. The maximum Gasteiger partial charge on any atom is 0.320 e. The zero-order chi connectivity index (χ0) is 20.2. The topological polar surface area (TPSA) is 89.5 Å². The predicted octanol–water partition coefficient (Wildman–Crippen LogP) is 1.99. The molecule has 0 bridgehead atoms. The molecule has 0 spiro atoms. The highest BCUT2D eigenvalue weighted by atomic mass is 16.6. The van der Waals surface area contributed by atoms with Gasteiger partial charge >= 0.3 is 11.9 Å². The van der Waals surface area contributed by atoms with Crippen molar-refractivity contribution in [2.45, 2.75) is 40.0 Å². The molecule has 0 aliphatic carbocycles. The van der Waals surface area contributed by atoms with Gasteiger partial charge in [-0.25, -0.2) is 0 Å². The van der Waals surface area contributed by atoms with Gasteiger partial charge in [-0.15, -0.1) is 0 Å². The lowest BCUT2D eigenvalue weighted by Crippen LogP contribution is -2.30. The van der Waals surface area contributed by atoms with E-state index in [0.717, 1.165) is 12.8 Å². The number of carbonyl (C=O) groups is 2. The van der Waals surface area contributed by atoms with Gasteiger partial charge in [0.15, 0.2) is 5.92 Å². The molecule has 0 aliphatic heterocycles. The number of hydrogen-bond donors (Lipinski definition) is 0. The van der Waals surface area contributed by atoms with Gasteiger partial charge in [0.2, 0.25) is 0 Å². The molecule has 8 nitrogen and oxygen atoms in total. The highest BCUT2D eigenvalue weighted by molar-refractivity contribution is 5.94. The van der Waals surface area contributed by atoms with E-state index in [1.165, 1.54) is 0 Å². The first-order chi connectivity index (χ1) is 13.2. The van der Waals surface area contributed by atoms with Crippen LogP contribution in [0, 0.1) is 5.92 Å². The Labute approximate surface area is 162 Å². The minimum absolute atomic E-state index is 0.0986. The minimum atomic E-state index is -0.906. The summed E-state index contributed by atoms with van der Waals surface area (Å²) in [5.41, 5.74) is 0. The van der Waals surface area contributed by atoms with Crippen molar-refractivity contribution in [3.05, 3.63) is 0 Å². The van der Waals surface area contributed by atoms with Crippen molar-refractivity contribution in [3.8, 4) is 0 Å². The quantitative estimate of drug-likeness (QED) is 0.187. The SMILES string of the molecule is CCCCC(C(=O)OCCOCCOCC)C(=O)OCCOCCOCC. The van der Waals surface area contributed by atoms with Crippen LogP contribution in [0.3, 0.4) is 0 Å². The molecule has 27 heavy (non-hydrogen) atoms. The molecule has 0 saturated heterocycles. The number of rotatable bonds is 19. The zero-order valence-corrected chi connectivity index (χ0v) is 17.0. The summed E-state index contributed by atoms with van der Waals surface area (Å²) >= 11 is 0. The maximum atomic E-state index is 12.2. The number of esters is 2. The summed E-state index contributed by atoms with van der Waals surface area (Å²) in [6, 6.07) is 0. The van der Waals surface area contributed by atoms with Crippen LogP contribution < -0.4 is 0 Å². The third-order valence-corrected chi connectivity index (χ3v) is 3.51. The van der Waals surface area contributed by atoms with Gasteiger partial charge in [-0.2, -0.15) is 0 Å². The summed E-state index contributed by atoms with van der Waals surface area (Å²) in [5.74, 6) is -2.05. The van der Waals surface area contributed by atoms with Crippen molar-refractivity contribution < 1.29 is 38.0 Å². The lowest BCUT2D eigenvalue weighted by atomic mass is 10.0. The fraction of sp³-hybridized carbons (Fsp3) is 0.895. The van der Waals surface area contributed by atoms with Gasteiger partial charge < -0.3 is 28.4 Å². The van der Waals surface area contributed by atoms with E-state index in [0.29, 0.717) is 46.1 Å². The van der Waals surface area contributed by atoms with Gasteiger partial charge in [0, 0.05) is 13.2 Å². The van der Waals surface area contributed by atoms with Gasteiger partial charge in [0.1, 0.15) is 13.2 Å². The second-order valence-electron chi connectivity index (χ2n) is 5.65. The van der Waals surface area contributed by atoms with Crippen LogP contribution in [0.5, 0.6) is 0 Å². The van der Waals surface area contributed by atoms with Crippen molar-refractivity contribution in [3.63, 3.8) is 0 Å². The Hall–Kier alpha value is -1.22. The van der Waals surface area contributed by atoms with Crippen LogP contribution in [0.25, 0.3) is 0 Å². The Morgan fingerprint density at radius 3 is 1.44 bits per heavy atom. The van der Waals surface area contributed by atoms with Gasteiger partial charge in [-0.1, -0.05) is 19.8 Å². The molecule has 0 unspecified atom stereocenters. The van der Waals surface area contributed by atoms with Crippen LogP contribution in [0.1, 0.15) is 40.0 Å². The number of ether oxygens (including phenoxy) is 6. The highest BCUT2D eigenvalue weighted by Crippen LogP contribution is 2.13. The molecule has 0 rings (SSSR count). The molecule has 0 aliphatic rings. The molecule has 0 heterocycles. The molecule has 0 aromatic heterocycles. The predicted molar refractivity (Wildman–Crippen MR) is 99.6 cm³/mol. The van der Waals surface area contributed by atoms with Crippen LogP contribution >= 0.6 is 0 Å². The fourth-order valence-corrected chi connectivity index (χ4v) is 2.07. The van der Waals surface area contributed by atoms with Crippen molar-refractivity contribution >= 4 is 11.9 Å². The molecule has 0 amide bonds. The van der Waals surface area contributed by atoms with Crippen LogP contribution in [0.4, 0.5) is 0 Å². The molecule has 0 aromatic carbocycles. The maximum absolute atomic E-state index is 12.2. The van der Waals surface area contributed by atoms with Crippen LogP contribution in [0.2, 0.25) is 0 Å². The summed E-state index contributed by atoms with van der Waals surface area (Å²) in [5, 5.41) is 0. The van der Waals surface area contributed by atoms with Crippen molar-refractivity contribution in [1.82, 2.24) is 0 Å². The standard InChI is InChI=1S/C19H36O8/c1-4-7-8-17(18(20)26-15-13-24-11-9-22-5-2)19(21)27-16-14-25-12-10-23-6-3/h17H,4-16H2,1-3H3. The number of carbonyl (C=O) groups excluding carboxylic acids is 2. The second kappa shape index (κ2) is 19.5. The van der Waals surface area contributed by atoms with Gasteiger partial charge in [-0.3, -0.25) is 9.59 Å². The molecular weight excluding hydrogens is 356 g/mol. The van der Waals surface area contributed by atoms with E-state index < -0.39 is 17.9 Å². The zero-order valence-electron chi connectivity index (χ0n) is 17.0. The van der Waals surface area contributed by atoms with E-state index in [1.807, 2.05) is 20.8 Å². The molecular formula is C19H36O8. The average Bonchev–Trinajstić information content (AvgIpc) is 2.66. The van der Waals surface area contributed by atoms with Gasteiger partial charge in [0.05, 0.1) is 39.6 Å². The Kier molecular flexibility index (Phi) is 18.7. The lowest BCUT2D eigenvalue weighted by Gasteiger charge is -2.15. The summed E-state index contributed by atoms with van der Waals surface area (Å²) in [6.07, 6.45) is 2.02. The fourth-order valence-electron chi connectivity index (χ4n) is 2.07. The molecule has 0 radical (unpaired) electrons. The number of hydrogen-bond acceptors (Lipinski definition) is 8. The van der Waals surface area contributed by atoms with Crippen LogP contribution in [0.15, 0.2) is 0 Å². The molecule has 0 fully saturated rings. The summed E-state index contributed by atoms with van der Waals surface area (Å²) < 4.78 is 31.1. The van der Waals surface area contributed by atoms with Crippen molar-refractivity contribution in [1.29, 1.82) is 0 Å². The monoisotopic (exact) mass is 392 g/mol. The molecule has 0 N–H and O–H groups in total. The third-order valence-electron chi connectivity index (χ3n) is 3.51. The van der Waals surface area contributed by atoms with Gasteiger partial charge in [-0.05, 0) is 20.3 Å². The van der Waals surface area contributed by atoms with E-state index in [-0.39, 0.29) is 26.4 Å². The first-order valence-corrected chi connectivity index (χ1v) is 9.81. The van der Waals surface area contributed by atoms with E-state index in [1.54, 1.807) is 0 Å². The Morgan fingerprint density at radius 2 is 1.04 bits per heavy atom. The van der Waals surface area contributed by atoms with Gasteiger partial charge in [0.25, 0.3) is 0 Å². The summed E-state index contributed by atoms with van der Waals surface area (Å²) in [6.45, 7) is 9.69. The van der Waals surface area contributed by atoms with Crippen LogP contribution in [-0.2, 0) is 38.0 Å². The van der Waals surface area contributed by atoms with E-state index >= 15 is 0 Å². The smallest absolute Gasteiger partial charge is 0.320 e. The highest BCUT2D eigenvalue weighted by Gasteiger charge is 2.29. The molecule has 8 heteroatoms.